The number of primary amides is 2. The normalized spacial score (nSPS) is 20.3. The van der Waals surface area contributed by atoms with Crippen LogP contribution in [0.4, 0.5) is 0 Å². The van der Waals surface area contributed by atoms with Crippen LogP contribution in [0.25, 0.3) is 10.9 Å². The standard InChI is InChI=1S/C78H109BrN20O22S/c1-39(2)61(94-73(113)62(40(3)4)93-71(111)57-22-16-30-99(57)76(116)53(90-65(105)41(5)86-38-100)32-45-23-25-47(79)26-24-45)72(112)89-52(33-46-35-85-49-20-14-13-19-48(46)49)67(107)87-50(21-15-29-84-78(82)83)66(106)92-55(37-122(118,119)120)69(109)96-64-43(7)121-60(104)36-97(8)75(115)54(34-59(81)103)91-74(114)63(42(6)101)95-68(108)51(31-44-17-11-10-12-18-44)88-70(110)56(27-28-58(80)102)98(9)77(64)117/h10-14,17-20,23-26,35,38-43,50-57,61-64,85,101H,15-16,21-22,27-34,36-37H2,1-9H3,(H2,80,102)(H2,81,103)(H,86,100)(H,87,107)(H,88,110)(H,89,112)(H,90,105)(H,91,114)(H,92,106)(H,93,111)(H,94,113)(H,95,108)(H,96,109)(H4,82,83,84)(H,118,119,120)/t41-,42-,43?,50+,51-,52-,53+,54?,55-,56?,57+,61+,62-,63+,64?/m1/s1. The van der Waals surface area contributed by atoms with Crippen LogP contribution in [0.1, 0.15) is 110 Å². The summed E-state index contributed by atoms with van der Waals surface area (Å²) in [4.78, 5) is 246. The van der Waals surface area contributed by atoms with Crippen molar-refractivity contribution in [2.45, 2.75) is 203 Å². The zero-order chi connectivity index (χ0) is 90.7. The van der Waals surface area contributed by atoms with Crippen molar-refractivity contribution in [2.24, 2.45) is 29.0 Å². The number of guanidine groups is 1. The van der Waals surface area contributed by atoms with E-state index in [9.17, 15) is 75.6 Å². The van der Waals surface area contributed by atoms with Gasteiger partial charge in [-0.05, 0) is 99.6 Å². The Kier molecular flexibility index (Phi) is 37.2. The molecule has 44 heteroatoms. The minimum absolute atomic E-state index is 0.0115. The number of aliphatic hydroxyl groups excluding tert-OH is 1. The zero-order valence-electron chi connectivity index (χ0n) is 68.8. The van der Waals surface area contributed by atoms with Crippen molar-refractivity contribution >= 4 is 144 Å². The summed E-state index contributed by atoms with van der Waals surface area (Å²) >= 11 is 3.39. The number of aromatic amines is 1. The number of benzene rings is 3. The number of H-pyrrole nitrogens is 1. The third kappa shape index (κ3) is 29.6. The molecule has 4 aromatic rings. The lowest BCUT2D eigenvalue weighted by Gasteiger charge is -2.34. The first-order valence-corrected chi connectivity index (χ1v) is 41.6. The summed E-state index contributed by atoms with van der Waals surface area (Å²) < 4.78 is 43.0. The number of rotatable bonds is 37. The molecule has 0 radical (unpaired) electrons. The highest BCUT2D eigenvalue weighted by Crippen LogP contribution is 2.24. The third-order valence-corrected chi connectivity index (χ3v) is 21.5. The Bertz CT molecular complexity index is 4600. The van der Waals surface area contributed by atoms with Crippen LogP contribution in [0.5, 0.6) is 0 Å². The summed E-state index contributed by atoms with van der Waals surface area (Å²) in [5.74, 6) is -21.7. The topological polar surface area (TPSA) is 646 Å². The van der Waals surface area contributed by atoms with E-state index in [0.29, 0.717) is 50.2 Å². The molecule has 666 valence electrons. The lowest BCUT2D eigenvalue weighted by atomic mass is 9.98. The summed E-state index contributed by atoms with van der Waals surface area (Å²) in [6.07, 6.45) is -5.03. The van der Waals surface area contributed by atoms with Crippen LogP contribution in [0.3, 0.4) is 0 Å². The molecule has 1 aromatic heterocycles. The van der Waals surface area contributed by atoms with Crippen LogP contribution < -0.4 is 81.0 Å². The number of aromatic nitrogens is 1. The number of likely N-dealkylation sites (N-methyl/N-ethyl adjacent to an activating group) is 2. The number of halogens is 1. The molecule has 2 fully saturated rings. The first-order chi connectivity index (χ1) is 57.4. The van der Waals surface area contributed by atoms with Crippen LogP contribution in [0, 0.1) is 17.2 Å². The second-order valence-corrected chi connectivity index (χ2v) is 33.0. The number of aliphatic hydroxyl groups is 1. The highest BCUT2D eigenvalue weighted by Gasteiger charge is 2.45. The molecule has 122 heavy (non-hydrogen) atoms. The molecule has 2 aliphatic rings. The van der Waals surface area contributed by atoms with Crippen LogP contribution in [0.2, 0.25) is 0 Å². The summed E-state index contributed by atoms with van der Waals surface area (Å²) in [5, 5.41) is 48.9. The maximum atomic E-state index is 15.3. The number of likely N-dealkylation sites (tertiary alicyclic amines) is 1. The van der Waals surface area contributed by atoms with Crippen LogP contribution in [0.15, 0.2) is 89.5 Å². The van der Waals surface area contributed by atoms with Gasteiger partial charge in [0.2, 0.25) is 95.0 Å². The Morgan fingerprint density at radius 3 is 1.89 bits per heavy atom. The number of hydrogen-bond acceptors (Lipinski definition) is 22. The third-order valence-electron chi connectivity index (χ3n) is 20.2. The fourth-order valence-electron chi connectivity index (χ4n) is 13.6. The van der Waals surface area contributed by atoms with Gasteiger partial charge in [0.05, 0.1) is 12.5 Å². The molecule has 22 N–H and O–H groups in total. The van der Waals surface area contributed by atoms with Crippen molar-refractivity contribution < 1.29 is 104 Å². The van der Waals surface area contributed by atoms with Crippen LogP contribution >= 0.6 is 15.9 Å². The maximum absolute atomic E-state index is 15.3. The van der Waals surface area contributed by atoms with Crippen molar-refractivity contribution in [1.82, 2.24) is 83.5 Å². The highest BCUT2D eigenvalue weighted by atomic mass is 79.9. The summed E-state index contributed by atoms with van der Waals surface area (Å²) in [5.41, 5.74) is 18.6. The van der Waals surface area contributed by atoms with E-state index in [0.717, 1.165) is 32.4 Å². The molecule has 16 amide bonds. The maximum Gasteiger partial charge on any atom is 0.325 e. The van der Waals surface area contributed by atoms with Gasteiger partial charge >= 0.3 is 5.97 Å². The molecule has 0 spiro atoms. The van der Waals surface area contributed by atoms with Gasteiger partial charge in [-0.3, -0.25) is 91.5 Å². The lowest BCUT2D eigenvalue weighted by molar-refractivity contribution is -0.158. The van der Waals surface area contributed by atoms with Gasteiger partial charge in [-0.2, -0.15) is 8.42 Å². The van der Waals surface area contributed by atoms with Gasteiger partial charge in [-0.25, -0.2) is 0 Å². The molecule has 6 rings (SSSR count). The molecule has 2 saturated heterocycles. The number of cyclic esters (lactones) is 1. The van der Waals surface area contributed by atoms with E-state index in [1.165, 1.54) is 18.0 Å². The molecule has 3 aromatic carbocycles. The Labute approximate surface area is 711 Å². The second kappa shape index (κ2) is 46.0. The quantitative estimate of drug-likeness (QED) is 0.00503. The van der Waals surface area contributed by atoms with Crippen molar-refractivity contribution in [3.05, 3.63) is 106 Å². The van der Waals surface area contributed by atoms with Gasteiger partial charge in [-0.15, -0.1) is 0 Å². The number of para-hydroxylation sites is 1. The van der Waals surface area contributed by atoms with E-state index in [1.807, 2.05) is 0 Å². The summed E-state index contributed by atoms with van der Waals surface area (Å²) in [6, 6.07) is -0.616. The molecule has 4 unspecified atom stereocenters. The number of hydrogen-bond donors (Lipinski definition) is 19. The van der Waals surface area contributed by atoms with E-state index >= 15 is 24.0 Å². The first-order valence-electron chi connectivity index (χ1n) is 39.2. The number of esters is 1. The molecular formula is C78H109BrN20O22S. The van der Waals surface area contributed by atoms with E-state index < -0.39 is 251 Å². The molecule has 42 nitrogen and oxygen atoms in total. The van der Waals surface area contributed by atoms with Crippen molar-refractivity contribution in [3.63, 3.8) is 0 Å². The van der Waals surface area contributed by atoms with Crippen LogP contribution in [-0.2, 0) is 116 Å². The Balaban J connectivity index is 1.35. The number of ether oxygens (including phenoxy) is 1. The molecule has 0 bridgehead atoms. The van der Waals surface area contributed by atoms with Gasteiger partial charge < -0.3 is 111 Å². The number of amides is 16. The van der Waals surface area contributed by atoms with Gasteiger partial charge in [0, 0.05) is 74.4 Å². The van der Waals surface area contributed by atoms with Gasteiger partial charge in [0.25, 0.3) is 10.1 Å². The number of fused-ring (bicyclic) bond motifs is 1. The van der Waals surface area contributed by atoms with E-state index in [2.05, 4.69) is 84.7 Å². The molecule has 2 aliphatic heterocycles. The predicted octanol–water partition coefficient (Wildman–Crippen LogP) is -4.85. The summed E-state index contributed by atoms with van der Waals surface area (Å²) in [6.45, 7) is 8.66. The average Bonchev–Trinajstić information content (AvgIpc) is 1.60. The Morgan fingerprint density at radius 1 is 0.680 bits per heavy atom. The molecule has 3 heterocycles. The number of nitrogens with one attached hydrogen (secondary N) is 14. The Morgan fingerprint density at radius 2 is 1.28 bits per heavy atom. The van der Waals surface area contributed by atoms with Gasteiger partial charge in [0.15, 0.2) is 5.96 Å². The molecule has 0 saturated carbocycles. The minimum Gasteiger partial charge on any atom is -0.459 e. The van der Waals surface area contributed by atoms with Crippen molar-refractivity contribution in [3.8, 4) is 0 Å². The zero-order valence-corrected chi connectivity index (χ0v) is 71.2. The fourth-order valence-corrected chi connectivity index (χ4v) is 14.5. The van der Waals surface area contributed by atoms with Gasteiger partial charge in [-0.1, -0.05) is 104 Å². The van der Waals surface area contributed by atoms with Crippen molar-refractivity contribution in [1.29, 1.82) is 5.41 Å². The minimum atomic E-state index is -5.44. The number of carbonyl (C=O) groups is 17. The number of nitrogens with zero attached hydrogens (tertiary/aromatic N) is 3. The highest BCUT2D eigenvalue weighted by molar-refractivity contribution is 9.10. The average molecular weight is 1790 g/mol. The number of nitrogens with two attached hydrogens (primary N) is 3. The Hall–Kier alpha value is -12.2. The molecule has 15 atom stereocenters. The largest absolute Gasteiger partial charge is 0.459 e. The summed E-state index contributed by atoms with van der Waals surface area (Å²) in [7, 11) is -3.48. The second-order valence-electron chi connectivity index (χ2n) is 30.6. The van der Waals surface area contributed by atoms with E-state index in [1.54, 1.807) is 107 Å². The molecular weight excluding hydrogens is 1680 g/mol. The van der Waals surface area contributed by atoms with Crippen LogP contribution in [-0.4, -0.2) is 275 Å². The smallest absolute Gasteiger partial charge is 0.325 e. The molecule has 0 aliphatic carbocycles. The predicted molar refractivity (Wildman–Crippen MR) is 442 cm³/mol. The lowest BCUT2D eigenvalue weighted by Crippen LogP contribution is -2.63. The van der Waals surface area contributed by atoms with E-state index in [4.69, 9.17) is 27.3 Å². The SMILES string of the molecule is CC1OC(=O)CN(C)C(=O)C(CC(N)=O)NC(=O)[C@H]([C@@H](C)O)NC(=O)[C@@H](Cc2ccccc2)NC(=O)C(CCC(N)=O)N(C)C(=O)C1NC(=O)[C@@H](CS(=O)(=O)O)NC(=O)[C@H](CCCNC(=N)N)NC(=O)[C@@H](Cc1c[nH]c2ccccc12)NC(=O)[C@@H](NC(=O)[C@H](NC(=O)[C@@H]1CCCN1C(=O)[C@H](Cc1ccc(Br)cc1)NC(=O)[C@@H](C)NC=O)C(C)C)C(C)C. The monoisotopic (exact) mass is 1790 g/mol. The van der Waals surface area contributed by atoms with E-state index in [-0.39, 0.29) is 45.2 Å². The number of carbonyl (C=O) groups excluding carboxylic acids is 17. The van der Waals surface area contributed by atoms with Crippen molar-refractivity contribution in [2.75, 3.05) is 39.5 Å². The fraction of sp³-hybridized carbons (Fsp3) is 0.513. The van der Waals surface area contributed by atoms with Gasteiger partial charge in [0.1, 0.15) is 96.9 Å². The first kappa shape index (κ1) is 98.6.